The zero-order valence-electron chi connectivity index (χ0n) is 11.2. The summed E-state index contributed by atoms with van der Waals surface area (Å²) in [5.41, 5.74) is 0. The van der Waals surface area contributed by atoms with Crippen molar-refractivity contribution in [1.82, 2.24) is 0 Å². The third kappa shape index (κ3) is 3.65. The normalized spacial score (nSPS) is 24.6. The molecule has 0 radical (unpaired) electrons. The molecule has 22 heavy (non-hydrogen) atoms. The van der Waals surface area contributed by atoms with Crippen LogP contribution >= 0.6 is 94.1 Å². The van der Waals surface area contributed by atoms with Crippen LogP contribution in [0.1, 0.15) is 0 Å². The van der Waals surface area contributed by atoms with Crippen LogP contribution in [0.25, 0.3) is 0 Å². The van der Waals surface area contributed by atoms with Gasteiger partial charge in [-0.3, -0.25) is 0 Å². The second-order valence-electron chi connectivity index (χ2n) is 3.83. The Kier molecular flexibility index (Phi) is 6.56. The fourth-order valence-corrected chi connectivity index (χ4v) is 19.3. The molecular weight excluding hydrogens is 559 g/mol. The third-order valence-electron chi connectivity index (χ3n) is 2.56. The summed E-state index contributed by atoms with van der Waals surface area (Å²) in [6.07, 6.45) is 0. The van der Waals surface area contributed by atoms with Gasteiger partial charge in [-0.25, -0.2) is 0 Å². The van der Waals surface area contributed by atoms with Gasteiger partial charge in [0.15, 0.2) is 0 Å². The van der Waals surface area contributed by atoms with Gasteiger partial charge in [-0.2, -0.15) is 0 Å². The fourth-order valence-electron chi connectivity index (χ4n) is 1.66. The molecular formula is C12H8S8Se2. The van der Waals surface area contributed by atoms with Gasteiger partial charge in [0.05, 0.1) is 0 Å². The molecule has 0 atom stereocenters. The average molecular weight is 567 g/mol. The summed E-state index contributed by atoms with van der Waals surface area (Å²) in [6, 6.07) is 0. The van der Waals surface area contributed by atoms with Crippen molar-refractivity contribution in [1.29, 1.82) is 0 Å². The van der Waals surface area contributed by atoms with Crippen LogP contribution in [0.5, 0.6) is 0 Å². The monoisotopic (exact) mass is 568 g/mol. The Morgan fingerprint density at radius 1 is 0.545 bits per heavy atom. The molecule has 0 aliphatic carbocycles. The Labute approximate surface area is 177 Å². The third-order valence-corrected chi connectivity index (χ3v) is 20.0. The van der Waals surface area contributed by atoms with E-state index in [1.54, 1.807) is 11.8 Å². The summed E-state index contributed by atoms with van der Waals surface area (Å²) in [6.45, 7) is 0. The quantitative estimate of drug-likeness (QED) is 0.314. The number of hydrogen-bond donors (Lipinski definition) is 0. The van der Waals surface area contributed by atoms with Gasteiger partial charge in [-0.1, -0.05) is 0 Å². The van der Waals surface area contributed by atoms with E-state index in [1.807, 2.05) is 70.6 Å². The molecule has 0 saturated heterocycles. The van der Waals surface area contributed by atoms with E-state index in [4.69, 9.17) is 0 Å². The molecule has 4 heterocycles. The van der Waals surface area contributed by atoms with Crippen LogP contribution in [-0.2, 0) is 0 Å². The van der Waals surface area contributed by atoms with E-state index in [1.165, 1.54) is 21.2 Å². The first-order valence-corrected chi connectivity index (χ1v) is 17.7. The molecule has 0 bridgehead atoms. The molecule has 0 aromatic rings. The standard InChI is InChI=1S/C12H8S8Se2/c1-21-11-12(22-2)20-10(19-11)9-17-7-8(18-9)16-6(15-7)5-13-3-4-14-5/h3-4H,1-2H3. The molecule has 116 valence electrons. The van der Waals surface area contributed by atoms with Gasteiger partial charge in [0, 0.05) is 0 Å². The van der Waals surface area contributed by atoms with Crippen LogP contribution in [0.4, 0.5) is 0 Å². The number of hydrogen-bond acceptors (Lipinski definition) is 8. The minimum atomic E-state index is 0.641. The van der Waals surface area contributed by atoms with E-state index >= 15 is 0 Å². The zero-order chi connectivity index (χ0) is 15.1. The molecule has 0 saturated carbocycles. The summed E-state index contributed by atoms with van der Waals surface area (Å²) in [7, 11) is 0. The van der Waals surface area contributed by atoms with E-state index in [2.05, 4.69) is 46.0 Å². The summed E-state index contributed by atoms with van der Waals surface area (Å²) >= 11 is 17.1. The fraction of sp³-hybridized carbons (Fsp3) is 0.167. The molecule has 0 unspecified atom stereocenters. The van der Waals surface area contributed by atoms with Crippen LogP contribution < -0.4 is 0 Å². The van der Waals surface area contributed by atoms with Gasteiger partial charge in [-0.05, 0) is 0 Å². The molecule has 0 amide bonds. The van der Waals surface area contributed by atoms with Crippen LogP contribution in [0.15, 0.2) is 43.8 Å². The molecule has 0 aromatic carbocycles. The molecule has 0 N–H and O–H groups in total. The van der Waals surface area contributed by atoms with E-state index in [0.717, 1.165) is 0 Å². The van der Waals surface area contributed by atoms with E-state index in [-0.39, 0.29) is 0 Å². The Hall–Kier alpha value is 2.54. The first kappa shape index (κ1) is 17.9. The van der Waals surface area contributed by atoms with Crippen molar-refractivity contribution in [2.24, 2.45) is 0 Å². The summed E-state index contributed by atoms with van der Waals surface area (Å²) in [5.74, 6) is 4.69. The van der Waals surface area contributed by atoms with Crippen molar-refractivity contribution in [2.45, 2.75) is 11.6 Å². The average Bonchev–Trinajstić information content (AvgIpc) is 3.26. The van der Waals surface area contributed by atoms with Crippen molar-refractivity contribution >= 4 is 124 Å². The first-order valence-electron chi connectivity index (χ1n) is 5.89. The van der Waals surface area contributed by atoms with Crippen LogP contribution in [0.3, 0.4) is 0 Å². The van der Waals surface area contributed by atoms with E-state index in [0.29, 0.717) is 29.9 Å². The number of thioether (sulfide) groups is 8. The molecule has 0 aromatic heterocycles. The van der Waals surface area contributed by atoms with Crippen LogP contribution in [0, 0.1) is 0 Å². The second kappa shape index (κ2) is 8.05. The second-order valence-corrected chi connectivity index (χ2v) is 17.9. The minimum absolute atomic E-state index is 0.641. The molecule has 0 nitrogen and oxygen atoms in total. The molecule has 4 rings (SSSR count). The summed E-state index contributed by atoms with van der Waals surface area (Å²) in [4.78, 5) is 0. The predicted molar refractivity (Wildman–Crippen MR) is 121 cm³/mol. The van der Waals surface area contributed by atoms with Crippen molar-refractivity contribution in [2.75, 3.05) is 0 Å². The zero-order valence-corrected chi connectivity index (χ0v) is 21.2. The number of rotatable bonds is 2. The van der Waals surface area contributed by atoms with Gasteiger partial charge < -0.3 is 0 Å². The summed E-state index contributed by atoms with van der Waals surface area (Å²) in [5, 5.41) is 4.37. The van der Waals surface area contributed by atoms with Gasteiger partial charge in [-0.15, -0.1) is 0 Å². The maximum absolute atomic E-state index is 2.34. The van der Waals surface area contributed by atoms with Crippen molar-refractivity contribution in [3.63, 3.8) is 0 Å². The van der Waals surface area contributed by atoms with Crippen molar-refractivity contribution in [3.8, 4) is 0 Å². The van der Waals surface area contributed by atoms with Gasteiger partial charge in [0.2, 0.25) is 0 Å². The Morgan fingerprint density at radius 3 is 1.32 bits per heavy atom. The Balaban J connectivity index is 1.47. The molecule has 4 aliphatic rings. The predicted octanol–water partition coefficient (Wildman–Crippen LogP) is 7.39. The molecule has 4 aliphatic heterocycles. The Bertz CT molecular complexity index is 637. The molecule has 0 fully saturated rings. The van der Waals surface area contributed by atoms with Gasteiger partial charge >= 0.3 is 179 Å². The maximum atomic E-state index is 2.34. The van der Waals surface area contributed by atoms with Crippen molar-refractivity contribution < 1.29 is 0 Å². The molecule has 10 heteroatoms. The first-order chi connectivity index (χ1) is 10.8. The Morgan fingerprint density at radius 2 is 0.909 bits per heavy atom. The topological polar surface area (TPSA) is 0 Å². The summed E-state index contributed by atoms with van der Waals surface area (Å²) < 4.78 is 12.4. The van der Waals surface area contributed by atoms with Gasteiger partial charge in [0.1, 0.15) is 0 Å². The van der Waals surface area contributed by atoms with E-state index < -0.39 is 0 Å². The molecule has 0 spiro atoms. The van der Waals surface area contributed by atoms with Crippen LogP contribution in [0.2, 0.25) is 11.6 Å². The van der Waals surface area contributed by atoms with E-state index in [9.17, 15) is 0 Å². The van der Waals surface area contributed by atoms with Crippen LogP contribution in [-0.4, -0.2) is 29.9 Å². The van der Waals surface area contributed by atoms with Crippen molar-refractivity contribution in [3.05, 3.63) is 43.8 Å². The SMILES string of the molecule is C[Se]C1=C([Se]C)SC(=C2SC3=C(SC(=C4SC=CS4)S3)S2)S1. The van der Waals surface area contributed by atoms with Gasteiger partial charge in [0.25, 0.3) is 0 Å².